The zero-order valence-electron chi connectivity index (χ0n) is 7.71. The zero-order valence-corrected chi connectivity index (χ0v) is 8.46. The molecule has 0 aliphatic carbocycles. The molecule has 0 atom stereocenters. The van der Waals surface area contributed by atoms with Crippen LogP contribution in [0.25, 0.3) is 6.08 Å². The largest absolute Gasteiger partial charge is 0.481 e. The third kappa shape index (κ3) is 2.95. The summed E-state index contributed by atoms with van der Waals surface area (Å²) >= 11 is 5.66. The van der Waals surface area contributed by atoms with Gasteiger partial charge in [-0.15, -0.1) is 0 Å². The van der Waals surface area contributed by atoms with Gasteiger partial charge >= 0.3 is 5.97 Å². The SMILES string of the molecule is Nc1ccc(C=CCC(=O)O)c(Cl)c1F. The first kappa shape index (κ1) is 11.5. The van der Waals surface area contributed by atoms with Crippen molar-refractivity contribution in [3.8, 4) is 0 Å². The fraction of sp³-hybridized carbons (Fsp3) is 0.100. The highest BCUT2D eigenvalue weighted by molar-refractivity contribution is 6.32. The fourth-order valence-electron chi connectivity index (χ4n) is 0.995. The molecule has 0 fully saturated rings. The average Bonchev–Trinajstić information content (AvgIpc) is 2.18. The van der Waals surface area contributed by atoms with Crippen molar-refractivity contribution in [3.63, 3.8) is 0 Å². The van der Waals surface area contributed by atoms with E-state index in [1.807, 2.05) is 0 Å². The minimum absolute atomic E-state index is 0.0321. The molecule has 0 spiro atoms. The van der Waals surface area contributed by atoms with Gasteiger partial charge in [0.1, 0.15) is 0 Å². The van der Waals surface area contributed by atoms with Crippen LogP contribution in [-0.2, 0) is 4.79 Å². The van der Waals surface area contributed by atoms with Crippen LogP contribution in [0.5, 0.6) is 0 Å². The maximum Gasteiger partial charge on any atom is 0.307 e. The van der Waals surface area contributed by atoms with E-state index < -0.39 is 11.8 Å². The molecule has 0 saturated carbocycles. The van der Waals surface area contributed by atoms with Gasteiger partial charge in [-0.1, -0.05) is 29.8 Å². The molecular formula is C10H9ClFNO2. The van der Waals surface area contributed by atoms with Crippen LogP contribution in [0, 0.1) is 5.82 Å². The lowest BCUT2D eigenvalue weighted by Crippen LogP contribution is -1.93. The lowest BCUT2D eigenvalue weighted by atomic mass is 10.1. The number of hydrogen-bond acceptors (Lipinski definition) is 2. The summed E-state index contributed by atoms with van der Waals surface area (Å²) in [6.45, 7) is 0. The number of halogens is 2. The van der Waals surface area contributed by atoms with E-state index in [0.29, 0.717) is 5.56 Å². The number of rotatable bonds is 3. The first-order chi connectivity index (χ1) is 7.02. The maximum absolute atomic E-state index is 13.2. The van der Waals surface area contributed by atoms with Gasteiger partial charge in [-0.05, 0) is 11.6 Å². The van der Waals surface area contributed by atoms with Crippen LogP contribution in [0.3, 0.4) is 0 Å². The number of nitrogen functional groups attached to an aromatic ring is 1. The molecule has 0 bridgehead atoms. The third-order valence-corrected chi connectivity index (χ3v) is 2.12. The summed E-state index contributed by atoms with van der Waals surface area (Å²) in [7, 11) is 0. The van der Waals surface area contributed by atoms with Gasteiger partial charge in [-0.3, -0.25) is 4.79 Å². The smallest absolute Gasteiger partial charge is 0.307 e. The Morgan fingerprint density at radius 1 is 1.60 bits per heavy atom. The van der Waals surface area contributed by atoms with E-state index >= 15 is 0 Å². The van der Waals surface area contributed by atoms with Gasteiger partial charge in [0.05, 0.1) is 17.1 Å². The van der Waals surface area contributed by atoms with E-state index in [4.69, 9.17) is 22.4 Å². The van der Waals surface area contributed by atoms with Crippen molar-refractivity contribution >= 4 is 29.3 Å². The maximum atomic E-state index is 13.2. The summed E-state index contributed by atoms with van der Waals surface area (Å²) < 4.78 is 13.2. The van der Waals surface area contributed by atoms with Crippen LogP contribution in [-0.4, -0.2) is 11.1 Å². The Morgan fingerprint density at radius 3 is 2.87 bits per heavy atom. The lowest BCUT2D eigenvalue weighted by molar-refractivity contribution is -0.135. The monoisotopic (exact) mass is 229 g/mol. The van der Waals surface area contributed by atoms with Gasteiger partial charge < -0.3 is 10.8 Å². The Kier molecular flexibility index (Phi) is 3.68. The molecule has 0 radical (unpaired) electrons. The molecule has 1 rings (SSSR count). The highest BCUT2D eigenvalue weighted by atomic mass is 35.5. The van der Waals surface area contributed by atoms with Gasteiger partial charge in [-0.25, -0.2) is 4.39 Å². The first-order valence-corrected chi connectivity index (χ1v) is 4.52. The number of benzene rings is 1. The number of carbonyl (C=O) groups is 1. The summed E-state index contributed by atoms with van der Waals surface area (Å²) in [5, 5.41) is 8.28. The molecule has 0 heterocycles. The molecule has 3 nitrogen and oxygen atoms in total. The third-order valence-electron chi connectivity index (χ3n) is 1.73. The standard InChI is InChI=1S/C10H9ClFNO2/c11-9-6(2-1-3-8(14)15)4-5-7(13)10(9)12/h1-2,4-5H,3,13H2,(H,14,15). The molecule has 1 aromatic carbocycles. The summed E-state index contributed by atoms with van der Waals surface area (Å²) in [6.07, 6.45) is 2.69. The number of anilines is 1. The van der Waals surface area contributed by atoms with E-state index in [2.05, 4.69) is 0 Å². The molecule has 80 valence electrons. The molecule has 15 heavy (non-hydrogen) atoms. The van der Waals surface area contributed by atoms with Crippen LogP contribution in [0.2, 0.25) is 5.02 Å². The van der Waals surface area contributed by atoms with Gasteiger partial charge in [0.2, 0.25) is 0 Å². The predicted molar refractivity (Wildman–Crippen MR) is 57.1 cm³/mol. The van der Waals surface area contributed by atoms with Crippen LogP contribution in [0.4, 0.5) is 10.1 Å². The van der Waals surface area contributed by atoms with Crippen molar-refractivity contribution in [1.29, 1.82) is 0 Å². The molecule has 3 N–H and O–H groups in total. The van der Waals surface area contributed by atoms with Crippen LogP contribution in [0.15, 0.2) is 18.2 Å². The molecule has 0 unspecified atom stereocenters. The van der Waals surface area contributed by atoms with Crippen molar-refractivity contribution in [1.82, 2.24) is 0 Å². The highest BCUT2D eigenvalue weighted by Gasteiger charge is 2.07. The van der Waals surface area contributed by atoms with Crippen LogP contribution >= 0.6 is 11.6 Å². The molecule has 0 aliphatic heterocycles. The fourth-order valence-corrected chi connectivity index (χ4v) is 1.23. The Morgan fingerprint density at radius 2 is 2.27 bits per heavy atom. The summed E-state index contributed by atoms with van der Waals surface area (Å²) in [5.74, 6) is -1.65. The van der Waals surface area contributed by atoms with E-state index in [1.54, 1.807) is 0 Å². The van der Waals surface area contributed by atoms with Gasteiger partial charge in [0.15, 0.2) is 5.82 Å². The molecule has 0 aromatic heterocycles. The molecule has 0 saturated heterocycles. The van der Waals surface area contributed by atoms with Crippen molar-refractivity contribution < 1.29 is 14.3 Å². The van der Waals surface area contributed by atoms with Crippen LogP contribution < -0.4 is 5.73 Å². The average molecular weight is 230 g/mol. The first-order valence-electron chi connectivity index (χ1n) is 4.14. The summed E-state index contributed by atoms with van der Waals surface area (Å²) in [4.78, 5) is 10.2. The second-order valence-electron chi connectivity index (χ2n) is 2.87. The zero-order chi connectivity index (χ0) is 11.4. The van der Waals surface area contributed by atoms with Gasteiger partial charge in [0.25, 0.3) is 0 Å². The van der Waals surface area contributed by atoms with E-state index in [1.165, 1.54) is 24.3 Å². The number of hydrogen-bond donors (Lipinski definition) is 2. The van der Waals surface area contributed by atoms with Crippen molar-refractivity contribution in [2.75, 3.05) is 5.73 Å². The number of carboxylic acid groups (broad SMARTS) is 1. The topological polar surface area (TPSA) is 63.3 Å². The number of aliphatic carboxylic acids is 1. The summed E-state index contributed by atoms with van der Waals surface area (Å²) in [5.41, 5.74) is 5.66. The van der Waals surface area contributed by atoms with Crippen molar-refractivity contribution in [3.05, 3.63) is 34.6 Å². The summed E-state index contributed by atoms with van der Waals surface area (Å²) in [6, 6.07) is 2.90. The minimum Gasteiger partial charge on any atom is -0.481 e. The molecule has 0 amide bonds. The second-order valence-corrected chi connectivity index (χ2v) is 3.25. The number of nitrogens with two attached hydrogens (primary N) is 1. The van der Waals surface area contributed by atoms with Crippen molar-refractivity contribution in [2.45, 2.75) is 6.42 Å². The normalized spacial score (nSPS) is 10.8. The molecule has 0 aliphatic rings. The molecule has 5 heteroatoms. The number of carboxylic acids is 1. The lowest BCUT2D eigenvalue weighted by Gasteiger charge is -2.02. The van der Waals surface area contributed by atoms with Gasteiger partial charge in [-0.2, -0.15) is 0 Å². The Bertz CT molecular complexity index is 418. The predicted octanol–water partition coefficient (Wildman–Crippen LogP) is 2.55. The van der Waals surface area contributed by atoms with Gasteiger partial charge in [0, 0.05) is 0 Å². The highest BCUT2D eigenvalue weighted by Crippen LogP contribution is 2.25. The van der Waals surface area contributed by atoms with E-state index in [-0.39, 0.29) is 17.1 Å². The molecular weight excluding hydrogens is 221 g/mol. The Labute approximate surface area is 91.0 Å². The second kappa shape index (κ2) is 4.79. The Balaban J connectivity index is 2.92. The van der Waals surface area contributed by atoms with E-state index in [0.717, 1.165) is 0 Å². The molecule has 1 aromatic rings. The quantitative estimate of drug-likeness (QED) is 0.783. The Hall–Kier alpha value is -1.55. The minimum atomic E-state index is -0.960. The van der Waals surface area contributed by atoms with E-state index in [9.17, 15) is 9.18 Å². The van der Waals surface area contributed by atoms with Crippen molar-refractivity contribution in [2.24, 2.45) is 0 Å². The van der Waals surface area contributed by atoms with Crippen LogP contribution in [0.1, 0.15) is 12.0 Å².